The molecule has 0 bridgehead atoms. The van der Waals surface area contributed by atoms with E-state index in [0.29, 0.717) is 24.8 Å². The van der Waals surface area contributed by atoms with Crippen molar-refractivity contribution in [2.24, 2.45) is 0 Å². The molecule has 1 aliphatic carbocycles. The summed E-state index contributed by atoms with van der Waals surface area (Å²) in [5.74, 6) is 1.45. The molecule has 0 unspecified atom stereocenters. The van der Waals surface area contributed by atoms with Crippen LogP contribution in [0, 0.1) is 6.92 Å². The number of carboxylic acid groups (broad SMARTS) is 1. The van der Waals surface area contributed by atoms with Gasteiger partial charge in [-0.25, -0.2) is 4.98 Å². The molecule has 1 atom stereocenters. The van der Waals surface area contributed by atoms with Crippen LogP contribution in [-0.4, -0.2) is 35.1 Å². The number of benzene rings is 2. The highest BCUT2D eigenvalue weighted by Crippen LogP contribution is 2.37. The van der Waals surface area contributed by atoms with Crippen molar-refractivity contribution in [2.75, 3.05) is 13.2 Å². The quantitative estimate of drug-likeness (QED) is 0.335. The van der Waals surface area contributed by atoms with Gasteiger partial charge in [0.25, 0.3) is 0 Å². The molecule has 0 amide bonds. The third kappa shape index (κ3) is 5.42. The van der Waals surface area contributed by atoms with Crippen LogP contribution in [0.2, 0.25) is 0 Å². The number of hydrogen-bond donors (Lipinski definition) is 1. The molecular weight excluding hydrogens is 422 g/mol. The Bertz CT molecular complexity index is 1150. The van der Waals surface area contributed by atoms with Crippen LogP contribution in [0.4, 0.5) is 0 Å². The summed E-state index contributed by atoms with van der Waals surface area (Å²) in [7, 11) is 0. The van der Waals surface area contributed by atoms with E-state index in [9.17, 15) is 9.59 Å². The van der Waals surface area contributed by atoms with E-state index < -0.39 is 5.97 Å². The molecule has 1 aromatic heterocycles. The minimum Gasteiger partial charge on any atom is -0.493 e. The fourth-order valence-corrected chi connectivity index (χ4v) is 4.17. The van der Waals surface area contributed by atoms with E-state index in [0.717, 1.165) is 41.9 Å². The van der Waals surface area contributed by atoms with E-state index in [4.69, 9.17) is 19.0 Å². The molecule has 0 fully saturated rings. The molecule has 4 rings (SSSR count). The summed E-state index contributed by atoms with van der Waals surface area (Å²) in [5.41, 5.74) is 3.69. The van der Waals surface area contributed by atoms with Crippen molar-refractivity contribution in [3.05, 3.63) is 65.0 Å². The zero-order valence-electron chi connectivity index (χ0n) is 18.8. The van der Waals surface area contributed by atoms with Crippen LogP contribution in [0.15, 0.2) is 46.9 Å². The lowest BCUT2D eigenvalue weighted by molar-refractivity contribution is -0.137. The molecule has 7 heteroatoms. The lowest BCUT2D eigenvalue weighted by Crippen LogP contribution is -2.05. The fraction of sp³-hybridized carbons (Fsp3) is 0.346. The number of carbonyl (C=O) groups excluding carboxylic acids is 1. The van der Waals surface area contributed by atoms with Crippen molar-refractivity contribution >= 4 is 11.8 Å². The predicted molar refractivity (Wildman–Crippen MR) is 122 cm³/mol. The van der Waals surface area contributed by atoms with Crippen molar-refractivity contribution in [1.82, 2.24) is 4.98 Å². The van der Waals surface area contributed by atoms with Crippen LogP contribution in [0.5, 0.6) is 11.5 Å². The highest BCUT2D eigenvalue weighted by molar-refractivity contribution is 5.92. The standard InChI is InChI=1S/C26H27NO6/c1-16-25(17(2)28)33-26(27-16)18-6-8-21(9-7-18)31-12-3-13-32-22-10-11-23-19(14-22)4-5-20(23)15-24(29)30/h6-11,14,20H,3-5,12-13,15H2,1-2H3,(H,29,30)/t20-/m0/s1. The number of carboxylic acids is 1. The van der Waals surface area contributed by atoms with Gasteiger partial charge in [0.05, 0.1) is 25.3 Å². The van der Waals surface area contributed by atoms with Gasteiger partial charge in [0.1, 0.15) is 11.5 Å². The topological polar surface area (TPSA) is 98.9 Å². The molecular formula is C26H27NO6. The van der Waals surface area contributed by atoms with E-state index in [2.05, 4.69) is 4.98 Å². The zero-order chi connectivity index (χ0) is 23.4. The monoisotopic (exact) mass is 449 g/mol. The second-order valence-corrected chi connectivity index (χ2v) is 8.26. The van der Waals surface area contributed by atoms with Gasteiger partial charge in [-0.2, -0.15) is 0 Å². The molecule has 1 heterocycles. The minimum absolute atomic E-state index is 0.107. The molecule has 0 spiro atoms. The highest BCUT2D eigenvalue weighted by Gasteiger charge is 2.24. The highest BCUT2D eigenvalue weighted by atomic mass is 16.5. The summed E-state index contributed by atoms with van der Waals surface area (Å²) in [6.07, 6.45) is 2.68. The van der Waals surface area contributed by atoms with Gasteiger partial charge in [0.15, 0.2) is 11.5 Å². The van der Waals surface area contributed by atoms with Crippen LogP contribution < -0.4 is 9.47 Å². The Morgan fingerprint density at radius 1 is 1.09 bits per heavy atom. The molecule has 2 aromatic carbocycles. The third-order valence-electron chi connectivity index (χ3n) is 5.78. The van der Waals surface area contributed by atoms with Gasteiger partial charge in [-0.3, -0.25) is 9.59 Å². The van der Waals surface area contributed by atoms with E-state index in [-0.39, 0.29) is 23.9 Å². The Kier molecular flexibility index (Phi) is 6.77. The Morgan fingerprint density at radius 2 is 1.79 bits per heavy atom. The number of Topliss-reactive ketones (excluding diaryl/α,β-unsaturated/α-hetero) is 1. The number of oxazole rings is 1. The number of hydrogen-bond acceptors (Lipinski definition) is 6. The number of fused-ring (bicyclic) bond motifs is 1. The number of aryl methyl sites for hydroxylation is 2. The van der Waals surface area contributed by atoms with Crippen molar-refractivity contribution in [2.45, 2.75) is 45.4 Å². The van der Waals surface area contributed by atoms with Gasteiger partial charge in [-0.05, 0) is 73.2 Å². The van der Waals surface area contributed by atoms with Crippen LogP contribution in [0.25, 0.3) is 11.5 Å². The lowest BCUT2D eigenvalue weighted by Gasteiger charge is -2.11. The van der Waals surface area contributed by atoms with E-state index >= 15 is 0 Å². The summed E-state index contributed by atoms with van der Waals surface area (Å²) < 4.78 is 17.2. The van der Waals surface area contributed by atoms with Crippen molar-refractivity contribution in [3.63, 3.8) is 0 Å². The number of ether oxygens (including phenoxy) is 2. The van der Waals surface area contributed by atoms with E-state index in [1.54, 1.807) is 6.92 Å². The van der Waals surface area contributed by atoms with Gasteiger partial charge < -0.3 is 19.0 Å². The molecule has 7 nitrogen and oxygen atoms in total. The summed E-state index contributed by atoms with van der Waals surface area (Å²) >= 11 is 0. The summed E-state index contributed by atoms with van der Waals surface area (Å²) in [5, 5.41) is 9.04. The average Bonchev–Trinajstić information content (AvgIpc) is 3.37. The number of ketones is 1. The SMILES string of the molecule is CC(=O)c1oc(-c2ccc(OCCCOc3ccc4c(c3)CC[C@H]4CC(=O)O)cc2)nc1C. The van der Waals surface area contributed by atoms with Crippen LogP contribution in [0.3, 0.4) is 0 Å². The first-order chi connectivity index (χ1) is 15.9. The van der Waals surface area contributed by atoms with Gasteiger partial charge in [0, 0.05) is 18.9 Å². The van der Waals surface area contributed by atoms with Crippen LogP contribution in [0.1, 0.15) is 59.5 Å². The smallest absolute Gasteiger partial charge is 0.303 e. The zero-order valence-corrected chi connectivity index (χ0v) is 18.8. The van der Waals surface area contributed by atoms with E-state index in [1.165, 1.54) is 12.5 Å². The Morgan fingerprint density at radius 3 is 2.45 bits per heavy atom. The largest absolute Gasteiger partial charge is 0.493 e. The second kappa shape index (κ2) is 9.90. The number of aromatic nitrogens is 1. The molecule has 0 saturated carbocycles. The fourth-order valence-electron chi connectivity index (χ4n) is 4.17. The maximum Gasteiger partial charge on any atom is 0.303 e. The van der Waals surface area contributed by atoms with Crippen molar-refractivity contribution < 1.29 is 28.6 Å². The third-order valence-corrected chi connectivity index (χ3v) is 5.78. The molecule has 1 aliphatic rings. The number of nitrogens with zero attached hydrogens (tertiary/aromatic N) is 1. The number of aliphatic carboxylic acids is 1. The Labute approximate surface area is 192 Å². The minimum atomic E-state index is -0.752. The number of rotatable bonds is 10. The first-order valence-electron chi connectivity index (χ1n) is 11.1. The number of carbonyl (C=O) groups is 2. The first kappa shape index (κ1) is 22.6. The summed E-state index contributed by atoms with van der Waals surface area (Å²) in [4.78, 5) is 26.9. The van der Waals surface area contributed by atoms with Crippen molar-refractivity contribution in [1.29, 1.82) is 0 Å². The average molecular weight is 450 g/mol. The molecule has 0 radical (unpaired) electrons. The first-order valence-corrected chi connectivity index (χ1v) is 11.1. The van der Waals surface area contributed by atoms with Crippen molar-refractivity contribution in [3.8, 4) is 23.0 Å². The molecule has 0 saturated heterocycles. The van der Waals surface area contributed by atoms with E-state index in [1.807, 2.05) is 42.5 Å². The normalized spacial score (nSPS) is 14.7. The van der Waals surface area contributed by atoms with Gasteiger partial charge in [0.2, 0.25) is 5.89 Å². The molecule has 1 N–H and O–H groups in total. The van der Waals surface area contributed by atoms with Crippen LogP contribution in [-0.2, 0) is 11.2 Å². The predicted octanol–water partition coefficient (Wildman–Crippen LogP) is 5.21. The molecule has 172 valence electrons. The lowest BCUT2D eigenvalue weighted by atomic mass is 9.98. The van der Waals surface area contributed by atoms with Gasteiger partial charge in [-0.1, -0.05) is 6.07 Å². The maximum absolute atomic E-state index is 11.5. The van der Waals surface area contributed by atoms with Gasteiger partial charge in [-0.15, -0.1) is 0 Å². The Balaban J connectivity index is 1.23. The molecule has 33 heavy (non-hydrogen) atoms. The summed E-state index contributed by atoms with van der Waals surface area (Å²) in [6.45, 7) is 4.25. The van der Waals surface area contributed by atoms with Crippen LogP contribution >= 0.6 is 0 Å². The molecule has 3 aromatic rings. The second-order valence-electron chi connectivity index (χ2n) is 8.26. The van der Waals surface area contributed by atoms with Gasteiger partial charge >= 0.3 is 5.97 Å². The molecule has 0 aliphatic heterocycles. The summed E-state index contributed by atoms with van der Waals surface area (Å²) in [6, 6.07) is 13.3. The maximum atomic E-state index is 11.5. The Hall–Kier alpha value is -3.61.